The van der Waals surface area contributed by atoms with Crippen molar-refractivity contribution in [3.8, 4) is 5.75 Å². The molecule has 1 amide bonds. The van der Waals surface area contributed by atoms with E-state index in [1.54, 1.807) is 20.8 Å². The number of carbonyl (C=O) groups is 2. The lowest BCUT2D eigenvalue weighted by molar-refractivity contribution is 0.0471. The van der Waals surface area contributed by atoms with Gasteiger partial charge in [-0.15, -0.1) is 0 Å². The molecule has 0 aliphatic carbocycles. The van der Waals surface area contributed by atoms with Crippen molar-refractivity contribution in [2.24, 2.45) is 0 Å². The van der Waals surface area contributed by atoms with Gasteiger partial charge < -0.3 is 19.1 Å². The van der Waals surface area contributed by atoms with Gasteiger partial charge in [0.15, 0.2) is 0 Å². The minimum Gasteiger partial charge on any atom is -0.495 e. The molecule has 0 unspecified atom stereocenters. The number of methoxy groups -OCH3 is 1. The molecule has 1 fully saturated rings. The van der Waals surface area contributed by atoms with Gasteiger partial charge in [0.1, 0.15) is 23.6 Å². The first-order valence-corrected chi connectivity index (χ1v) is 14.1. The van der Waals surface area contributed by atoms with Gasteiger partial charge in [0.05, 0.1) is 18.4 Å². The maximum Gasteiger partial charge on any atom is 0.429 e. The number of anilines is 1. The first kappa shape index (κ1) is 29.4. The predicted molar refractivity (Wildman–Crippen MR) is 145 cm³/mol. The van der Waals surface area contributed by atoms with Gasteiger partial charge >= 0.3 is 12.1 Å². The molecule has 208 valence electrons. The number of esters is 1. The summed E-state index contributed by atoms with van der Waals surface area (Å²) in [6, 6.07) is 13.3. The van der Waals surface area contributed by atoms with Gasteiger partial charge in [0.2, 0.25) is 10.0 Å². The average molecular weight is 548 g/mol. The van der Waals surface area contributed by atoms with E-state index in [-0.39, 0.29) is 35.9 Å². The molecule has 0 atom stereocenters. The van der Waals surface area contributed by atoms with Gasteiger partial charge in [-0.05, 0) is 51.6 Å². The summed E-state index contributed by atoms with van der Waals surface area (Å²) in [5, 5.41) is 0. The lowest BCUT2D eigenvalue weighted by Crippen LogP contribution is -2.48. The molecule has 2 aromatic carbocycles. The monoisotopic (exact) mass is 547 g/mol. The number of amides is 1. The number of likely N-dealkylation sites (N-methyl/N-ethyl adjacent to an activating group) is 1. The number of carbonyl (C=O) groups excluding carboxylic acids is 2. The molecule has 0 N–H and O–H groups in total. The number of hydrogen-bond acceptors (Lipinski definition) is 9. The summed E-state index contributed by atoms with van der Waals surface area (Å²) in [5.41, 5.74) is -0.202. The van der Waals surface area contributed by atoms with E-state index < -0.39 is 27.7 Å². The summed E-state index contributed by atoms with van der Waals surface area (Å²) in [6.45, 7) is 8.34. The van der Waals surface area contributed by atoms with E-state index in [4.69, 9.17) is 14.2 Å². The van der Waals surface area contributed by atoms with E-state index in [2.05, 4.69) is 4.90 Å². The summed E-state index contributed by atoms with van der Waals surface area (Å²) in [5.74, 6) is -0.891. The third kappa shape index (κ3) is 8.17. The Morgan fingerprint density at radius 1 is 1.00 bits per heavy atom. The first-order valence-electron chi connectivity index (χ1n) is 12.5. The average Bonchev–Trinajstić information content (AvgIpc) is 2.86. The van der Waals surface area contributed by atoms with E-state index >= 15 is 0 Å². The lowest BCUT2D eigenvalue weighted by Gasteiger charge is -2.33. The Hall–Kier alpha value is -3.15. The number of nitrogens with zero attached hydrogens (tertiary/aromatic N) is 3. The van der Waals surface area contributed by atoms with Crippen LogP contribution in [-0.2, 0) is 26.1 Å². The molecular formula is C27H37N3O7S. The zero-order valence-electron chi connectivity index (χ0n) is 22.7. The molecule has 0 spiro atoms. The van der Waals surface area contributed by atoms with Crippen molar-refractivity contribution in [3.05, 3.63) is 59.7 Å². The fourth-order valence-electron chi connectivity index (χ4n) is 3.85. The van der Waals surface area contributed by atoms with Gasteiger partial charge in [-0.25, -0.2) is 18.0 Å². The molecule has 1 aliphatic rings. The van der Waals surface area contributed by atoms with E-state index in [1.807, 2.05) is 42.3 Å². The number of hydrogen-bond donors (Lipinski definition) is 0. The molecule has 38 heavy (non-hydrogen) atoms. The molecule has 1 heterocycles. The van der Waals surface area contributed by atoms with Gasteiger partial charge in [0, 0.05) is 32.7 Å². The normalized spacial score (nSPS) is 15.1. The molecule has 2 aromatic rings. The first-order chi connectivity index (χ1) is 17.9. The number of ether oxygens (including phenoxy) is 3. The quantitative estimate of drug-likeness (QED) is 0.437. The summed E-state index contributed by atoms with van der Waals surface area (Å²) >= 11 is 0. The summed E-state index contributed by atoms with van der Waals surface area (Å²) < 4.78 is 44.1. The fraction of sp³-hybridized carbons (Fsp3) is 0.481. The third-order valence-electron chi connectivity index (χ3n) is 5.94. The Bertz CT molecular complexity index is 1200. The van der Waals surface area contributed by atoms with Crippen LogP contribution in [0.15, 0.2) is 48.5 Å². The van der Waals surface area contributed by atoms with Gasteiger partial charge in [0.25, 0.3) is 0 Å². The van der Waals surface area contributed by atoms with E-state index in [9.17, 15) is 18.0 Å². The maximum atomic E-state index is 13.6. The van der Waals surface area contributed by atoms with E-state index in [1.165, 1.54) is 25.3 Å². The molecular weight excluding hydrogens is 510 g/mol. The van der Waals surface area contributed by atoms with Crippen LogP contribution in [-0.4, -0.2) is 88.5 Å². The maximum absolute atomic E-state index is 13.6. The fourth-order valence-corrected chi connectivity index (χ4v) is 5.23. The largest absolute Gasteiger partial charge is 0.495 e. The summed E-state index contributed by atoms with van der Waals surface area (Å²) in [4.78, 5) is 30.3. The number of piperazine rings is 1. The minimum absolute atomic E-state index is 0.0418. The highest BCUT2D eigenvalue weighted by atomic mass is 32.2. The number of benzene rings is 2. The molecule has 0 aromatic heterocycles. The van der Waals surface area contributed by atoms with Crippen LogP contribution in [0.1, 0.15) is 36.7 Å². The van der Waals surface area contributed by atoms with Crippen molar-refractivity contribution in [3.63, 3.8) is 0 Å². The van der Waals surface area contributed by atoms with Gasteiger partial charge in [-0.2, -0.15) is 4.31 Å². The van der Waals surface area contributed by atoms with Crippen molar-refractivity contribution < 1.29 is 32.2 Å². The van der Waals surface area contributed by atoms with Crippen molar-refractivity contribution >= 4 is 27.8 Å². The van der Waals surface area contributed by atoms with Crippen molar-refractivity contribution in [1.29, 1.82) is 0 Å². The Morgan fingerprint density at radius 2 is 1.66 bits per heavy atom. The molecule has 0 saturated carbocycles. The summed E-state index contributed by atoms with van der Waals surface area (Å²) in [7, 11) is -0.845. The van der Waals surface area contributed by atoms with Crippen LogP contribution in [0, 0.1) is 0 Å². The zero-order chi connectivity index (χ0) is 27.9. The molecule has 0 bridgehead atoms. The van der Waals surface area contributed by atoms with Crippen LogP contribution in [0.25, 0.3) is 0 Å². The molecule has 0 radical (unpaired) electrons. The Labute approximate surface area is 225 Å². The molecule has 11 heteroatoms. The highest BCUT2D eigenvalue weighted by Crippen LogP contribution is 2.33. The number of rotatable bonds is 9. The number of sulfonamides is 1. The highest BCUT2D eigenvalue weighted by molar-refractivity contribution is 7.93. The summed E-state index contributed by atoms with van der Waals surface area (Å²) in [6.07, 6.45) is -1.08. The Balaban J connectivity index is 1.91. The predicted octanol–water partition coefficient (Wildman–Crippen LogP) is 3.37. The van der Waals surface area contributed by atoms with Crippen LogP contribution in [0.5, 0.6) is 5.75 Å². The van der Waals surface area contributed by atoms with E-state index in [0.717, 1.165) is 31.7 Å². The van der Waals surface area contributed by atoms with Crippen molar-refractivity contribution in [1.82, 2.24) is 9.80 Å². The highest BCUT2D eigenvalue weighted by Gasteiger charge is 2.36. The van der Waals surface area contributed by atoms with Crippen LogP contribution < -0.4 is 9.04 Å². The van der Waals surface area contributed by atoms with Crippen LogP contribution in [0.4, 0.5) is 10.5 Å². The molecule has 1 saturated heterocycles. The van der Waals surface area contributed by atoms with Crippen molar-refractivity contribution in [2.45, 2.75) is 33.0 Å². The topological polar surface area (TPSA) is 106 Å². The van der Waals surface area contributed by atoms with Crippen LogP contribution in [0.2, 0.25) is 0 Å². The second kappa shape index (κ2) is 12.6. The third-order valence-corrected chi connectivity index (χ3v) is 7.55. The van der Waals surface area contributed by atoms with E-state index in [0.29, 0.717) is 4.31 Å². The SMILES string of the molecule is COc1ccc(C(=O)OCc2ccccc2)cc1N(C(=O)OC(C)(C)C)S(=O)(=O)CCN1CCN(C)CC1. The van der Waals surface area contributed by atoms with Gasteiger partial charge in [-0.1, -0.05) is 30.3 Å². The molecule has 3 rings (SSSR count). The van der Waals surface area contributed by atoms with Crippen molar-refractivity contribution in [2.75, 3.05) is 56.9 Å². The second-order valence-corrected chi connectivity index (χ2v) is 12.1. The standard InChI is InChI=1S/C27H37N3O7S/c1-27(2,3)37-26(32)30(38(33,34)18-17-29-15-13-28(4)14-16-29)23-19-22(11-12-24(23)35-5)25(31)36-20-21-9-7-6-8-10-21/h6-12,19H,13-18,20H2,1-5H3. The molecule has 10 nitrogen and oxygen atoms in total. The Morgan fingerprint density at radius 3 is 2.26 bits per heavy atom. The lowest BCUT2D eigenvalue weighted by atomic mass is 10.2. The smallest absolute Gasteiger partial charge is 0.429 e. The second-order valence-electron chi connectivity index (χ2n) is 10.2. The van der Waals surface area contributed by atoms with Gasteiger partial charge in [-0.3, -0.25) is 4.90 Å². The molecule has 1 aliphatic heterocycles. The Kier molecular flexibility index (Phi) is 9.75. The van der Waals surface area contributed by atoms with Crippen LogP contribution in [0.3, 0.4) is 0 Å². The minimum atomic E-state index is -4.22. The van der Waals surface area contributed by atoms with Crippen LogP contribution >= 0.6 is 0 Å². The zero-order valence-corrected chi connectivity index (χ0v) is 23.5.